The predicted octanol–water partition coefficient (Wildman–Crippen LogP) is 4.18. The van der Waals surface area contributed by atoms with Gasteiger partial charge in [0.05, 0.1) is 0 Å². The molecule has 0 spiro atoms. The molecule has 98 valence electrons. The number of rotatable bonds is 6. The molecule has 0 aromatic heterocycles. The predicted molar refractivity (Wildman–Crippen MR) is 78.3 cm³/mol. The zero-order valence-electron chi connectivity index (χ0n) is 12.3. The fourth-order valence-electron chi connectivity index (χ4n) is 1.74. The van der Waals surface area contributed by atoms with Crippen molar-refractivity contribution in [3.63, 3.8) is 0 Å². The van der Waals surface area contributed by atoms with Gasteiger partial charge >= 0.3 is 0 Å². The highest BCUT2D eigenvalue weighted by atomic mass is 32.2. The van der Waals surface area contributed by atoms with Crippen LogP contribution in [0.1, 0.15) is 54.4 Å². The summed E-state index contributed by atoms with van der Waals surface area (Å²) in [6.45, 7) is 15.0. The molecule has 0 aromatic rings. The summed E-state index contributed by atoms with van der Waals surface area (Å²) in [6, 6.07) is 0. The average Bonchev–Trinajstić information content (AvgIpc) is 2.07. The Kier molecular flexibility index (Phi) is 7.04. The molecule has 0 fully saturated rings. The van der Waals surface area contributed by atoms with Crippen molar-refractivity contribution < 1.29 is 0 Å². The van der Waals surface area contributed by atoms with Gasteiger partial charge in [-0.25, -0.2) is 0 Å². The summed E-state index contributed by atoms with van der Waals surface area (Å²) < 4.78 is 0. The first kappa shape index (κ1) is 16.3. The lowest BCUT2D eigenvalue weighted by Crippen LogP contribution is -2.42. The van der Waals surface area contributed by atoms with E-state index in [9.17, 15) is 0 Å². The Morgan fingerprint density at radius 1 is 1.06 bits per heavy atom. The Balaban J connectivity index is 4.12. The zero-order chi connectivity index (χ0) is 12.8. The normalized spacial score (nSPS) is 15.2. The van der Waals surface area contributed by atoms with E-state index in [2.05, 4.69) is 53.1 Å². The van der Waals surface area contributed by atoms with Gasteiger partial charge in [-0.1, -0.05) is 20.8 Å². The van der Waals surface area contributed by atoms with E-state index in [1.807, 2.05) is 11.8 Å². The van der Waals surface area contributed by atoms with E-state index < -0.39 is 0 Å². The van der Waals surface area contributed by atoms with E-state index in [0.29, 0.717) is 5.41 Å². The molecule has 0 amide bonds. The van der Waals surface area contributed by atoms with Crippen LogP contribution in [-0.2, 0) is 0 Å². The smallest absolute Gasteiger partial charge is 0.00966 e. The Labute approximate surface area is 107 Å². The molecule has 0 heterocycles. The highest BCUT2D eigenvalue weighted by molar-refractivity contribution is 7.98. The van der Waals surface area contributed by atoms with Crippen molar-refractivity contribution in [2.45, 2.75) is 59.9 Å². The maximum absolute atomic E-state index is 3.65. The van der Waals surface area contributed by atoms with E-state index in [1.54, 1.807) is 0 Å². The standard InChI is InChI=1S/C14H31NS/c1-13(2,3)12(9-8-10-16-7)11-15-14(4,5)6/h12,15H,8-11H2,1-7H3. The highest BCUT2D eigenvalue weighted by Gasteiger charge is 2.25. The van der Waals surface area contributed by atoms with Crippen LogP contribution >= 0.6 is 11.8 Å². The van der Waals surface area contributed by atoms with Gasteiger partial charge in [0.1, 0.15) is 0 Å². The molecule has 0 rings (SSSR count). The van der Waals surface area contributed by atoms with Crippen molar-refractivity contribution in [1.29, 1.82) is 0 Å². The molecule has 0 aliphatic carbocycles. The molecule has 1 N–H and O–H groups in total. The number of hydrogen-bond donors (Lipinski definition) is 1. The molecule has 0 radical (unpaired) electrons. The van der Waals surface area contributed by atoms with Gasteiger partial charge in [0.15, 0.2) is 0 Å². The lowest BCUT2D eigenvalue weighted by molar-refractivity contribution is 0.202. The zero-order valence-corrected chi connectivity index (χ0v) is 13.1. The van der Waals surface area contributed by atoms with Gasteiger partial charge in [-0.15, -0.1) is 0 Å². The van der Waals surface area contributed by atoms with E-state index in [-0.39, 0.29) is 5.54 Å². The minimum atomic E-state index is 0.239. The molecule has 0 aromatic carbocycles. The van der Waals surface area contributed by atoms with E-state index in [1.165, 1.54) is 18.6 Å². The first-order valence-corrected chi connectivity index (χ1v) is 7.80. The molecular formula is C14H31NS. The van der Waals surface area contributed by atoms with Crippen molar-refractivity contribution >= 4 is 11.8 Å². The van der Waals surface area contributed by atoms with Gasteiger partial charge in [0, 0.05) is 5.54 Å². The third-order valence-corrected chi connectivity index (χ3v) is 3.70. The van der Waals surface area contributed by atoms with Crippen molar-refractivity contribution in [3.8, 4) is 0 Å². The third-order valence-electron chi connectivity index (χ3n) is 3.00. The second kappa shape index (κ2) is 6.90. The summed E-state index contributed by atoms with van der Waals surface area (Å²) in [5.74, 6) is 2.07. The summed E-state index contributed by atoms with van der Waals surface area (Å²) in [5.41, 5.74) is 0.652. The van der Waals surface area contributed by atoms with Crippen molar-refractivity contribution in [1.82, 2.24) is 5.32 Å². The monoisotopic (exact) mass is 245 g/mol. The molecule has 1 atom stereocenters. The van der Waals surface area contributed by atoms with Crippen LogP contribution in [0.3, 0.4) is 0 Å². The minimum absolute atomic E-state index is 0.239. The largest absolute Gasteiger partial charge is 0.312 e. The van der Waals surface area contributed by atoms with Crippen LogP contribution in [0.15, 0.2) is 0 Å². The van der Waals surface area contributed by atoms with Gasteiger partial charge in [-0.3, -0.25) is 0 Å². The number of hydrogen-bond acceptors (Lipinski definition) is 2. The average molecular weight is 245 g/mol. The molecule has 0 aliphatic rings. The molecule has 0 bridgehead atoms. The Morgan fingerprint density at radius 2 is 1.62 bits per heavy atom. The number of thioether (sulfide) groups is 1. The minimum Gasteiger partial charge on any atom is -0.312 e. The second-order valence-corrected chi connectivity index (χ2v) is 7.81. The Bertz CT molecular complexity index is 176. The quantitative estimate of drug-likeness (QED) is 0.705. The Hall–Kier alpha value is 0.310. The second-order valence-electron chi connectivity index (χ2n) is 6.83. The SMILES string of the molecule is CSCCCC(CNC(C)(C)C)C(C)(C)C. The van der Waals surface area contributed by atoms with E-state index in [4.69, 9.17) is 0 Å². The van der Waals surface area contributed by atoms with E-state index in [0.717, 1.165) is 12.5 Å². The molecule has 0 saturated carbocycles. The molecule has 0 aliphatic heterocycles. The first-order valence-electron chi connectivity index (χ1n) is 6.41. The Morgan fingerprint density at radius 3 is 2.00 bits per heavy atom. The maximum Gasteiger partial charge on any atom is 0.00966 e. The summed E-state index contributed by atoms with van der Waals surface area (Å²) >= 11 is 1.96. The fraction of sp³-hybridized carbons (Fsp3) is 1.00. The van der Waals surface area contributed by atoms with Gasteiger partial charge in [0.2, 0.25) is 0 Å². The third kappa shape index (κ3) is 8.46. The fourth-order valence-corrected chi connectivity index (χ4v) is 2.20. The molecule has 2 heteroatoms. The van der Waals surface area contributed by atoms with Gasteiger partial charge < -0.3 is 5.32 Å². The van der Waals surface area contributed by atoms with Crippen LogP contribution in [0.25, 0.3) is 0 Å². The summed E-state index contributed by atoms with van der Waals surface area (Å²) in [7, 11) is 0. The van der Waals surface area contributed by atoms with Crippen LogP contribution in [0, 0.1) is 11.3 Å². The maximum atomic E-state index is 3.65. The van der Waals surface area contributed by atoms with Crippen molar-refractivity contribution in [3.05, 3.63) is 0 Å². The molecule has 0 saturated heterocycles. The number of nitrogens with one attached hydrogen (secondary N) is 1. The van der Waals surface area contributed by atoms with E-state index >= 15 is 0 Å². The highest BCUT2D eigenvalue weighted by Crippen LogP contribution is 2.30. The molecule has 1 unspecified atom stereocenters. The lowest BCUT2D eigenvalue weighted by Gasteiger charge is -2.34. The van der Waals surface area contributed by atoms with Crippen LogP contribution in [0.4, 0.5) is 0 Å². The van der Waals surface area contributed by atoms with Crippen molar-refractivity contribution in [2.75, 3.05) is 18.6 Å². The first-order chi connectivity index (χ1) is 7.17. The topological polar surface area (TPSA) is 12.0 Å². The summed E-state index contributed by atoms with van der Waals surface area (Å²) in [4.78, 5) is 0. The molecule has 16 heavy (non-hydrogen) atoms. The van der Waals surface area contributed by atoms with Crippen molar-refractivity contribution in [2.24, 2.45) is 11.3 Å². The summed E-state index contributed by atoms with van der Waals surface area (Å²) in [6.07, 6.45) is 4.88. The van der Waals surface area contributed by atoms with Crippen LogP contribution in [0.2, 0.25) is 0 Å². The molecular weight excluding hydrogens is 214 g/mol. The van der Waals surface area contributed by atoms with Crippen LogP contribution in [0.5, 0.6) is 0 Å². The van der Waals surface area contributed by atoms with Crippen LogP contribution in [-0.4, -0.2) is 24.1 Å². The van der Waals surface area contributed by atoms with Gasteiger partial charge in [-0.05, 0) is 63.5 Å². The lowest BCUT2D eigenvalue weighted by atomic mass is 9.78. The molecule has 1 nitrogen and oxygen atoms in total. The summed E-state index contributed by atoms with van der Waals surface area (Å²) in [5, 5.41) is 3.65. The van der Waals surface area contributed by atoms with Crippen LogP contribution < -0.4 is 5.32 Å². The van der Waals surface area contributed by atoms with Gasteiger partial charge in [-0.2, -0.15) is 11.8 Å². The van der Waals surface area contributed by atoms with Gasteiger partial charge in [0.25, 0.3) is 0 Å².